The first-order chi connectivity index (χ1) is 7.31. The third-order valence-electron chi connectivity index (χ3n) is 2.97. The molecule has 2 unspecified atom stereocenters. The highest BCUT2D eigenvalue weighted by atomic mass is 79.9. The lowest BCUT2D eigenvalue weighted by Gasteiger charge is -2.19. The summed E-state index contributed by atoms with van der Waals surface area (Å²) < 4.78 is 6.67. The van der Waals surface area contributed by atoms with Crippen LogP contribution in [-0.2, 0) is 11.3 Å². The molecule has 0 spiro atoms. The first kappa shape index (κ1) is 11.6. The molecule has 1 saturated carbocycles. The lowest BCUT2D eigenvalue weighted by Crippen LogP contribution is -2.36. The number of ether oxygens (including phenoxy) is 1. The zero-order valence-electron chi connectivity index (χ0n) is 8.83. The van der Waals surface area contributed by atoms with Gasteiger partial charge >= 0.3 is 0 Å². The number of rotatable bonds is 4. The van der Waals surface area contributed by atoms with E-state index in [4.69, 9.17) is 4.74 Å². The van der Waals surface area contributed by atoms with E-state index in [1.807, 2.05) is 7.11 Å². The van der Waals surface area contributed by atoms with E-state index in [-0.39, 0.29) is 0 Å². The molecule has 1 N–H and O–H groups in total. The van der Waals surface area contributed by atoms with Gasteiger partial charge in [-0.25, -0.2) is 0 Å². The lowest BCUT2D eigenvalue weighted by molar-refractivity contribution is 0.0848. The number of thiophene rings is 1. The minimum Gasteiger partial charge on any atom is -0.380 e. The van der Waals surface area contributed by atoms with Crippen molar-refractivity contribution >= 4 is 27.3 Å². The highest BCUT2D eigenvalue weighted by Gasteiger charge is 2.26. The molecule has 1 aromatic heterocycles. The molecule has 0 bridgehead atoms. The second-order valence-electron chi connectivity index (χ2n) is 3.88. The number of methoxy groups -OCH3 is 1. The second kappa shape index (κ2) is 5.43. The Balaban J connectivity index is 1.85. The third-order valence-corrected chi connectivity index (χ3v) is 4.90. The maximum atomic E-state index is 5.45. The fraction of sp³-hybridized carbons (Fsp3) is 0.636. The molecule has 1 fully saturated rings. The first-order valence-electron chi connectivity index (χ1n) is 5.29. The Kier molecular flexibility index (Phi) is 4.20. The standard InChI is InChI=1S/C11H16BrNOS/c1-14-10-4-2-3-9(10)13-7-11-8(12)5-6-15-11/h5-6,9-10,13H,2-4,7H2,1H3. The molecule has 4 heteroatoms. The molecule has 2 nitrogen and oxygen atoms in total. The zero-order valence-corrected chi connectivity index (χ0v) is 11.2. The highest BCUT2D eigenvalue weighted by molar-refractivity contribution is 9.10. The minimum atomic E-state index is 0.406. The van der Waals surface area contributed by atoms with Gasteiger partial charge in [-0.1, -0.05) is 0 Å². The summed E-state index contributed by atoms with van der Waals surface area (Å²) in [6.07, 6.45) is 4.12. The molecule has 0 saturated heterocycles. The average molecular weight is 290 g/mol. The van der Waals surface area contributed by atoms with Crippen molar-refractivity contribution in [2.24, 2.45) is 0 Å². The normalized spacial score (nSPS) is 26.0. The monoisotopic (exact) mass is 289 g/mol. The molecule has 1 aromatic rings. The van der Waals surface area contributed by atoms with Crippen molar-refractivity contribution in [1.29, 1.82) is 0 Å². The van der Waals surface area contributed by atoms with Gasteiger partial charge in [0, 0.05) is 29.0 Å². The maximum Gasteiger partial charge on any atom is 0.0724 e. The van der Waals surface area contributed by atoms with E-state index in [0.717, 1.165) is 6.54 Å². The predicted octanol–water partition coefficient (Wildman–Crippen LogP) is 3.17. The van der Waals surface area contributed by atoms with Crippen LogP contribution in [0.1, 0.15) is 24.1 Å². The molecule has 1 heterocycles. The van der Waals surface area contributed by atoms with Crippen molar-refractivity contribution in [2.45, 2.75) is 38.0 Å². The molecular formula is C11H16BrNOS. The fourth-order valence-electron chi connectivity index (χ4n) is 2.12. The Morgan fingerprint density at radius 2 is 2.47 bits per heavy atom. The first-order valence-corrected chi connectivity index (χ1v) is 6.96. The number of nitrogens with one attached hydrogen (secondary N) is 1. The summed E-state index contributed by atoms with van der Waals surface area (Å²) in [5, 5.41) is 5.70. The quantitative estimate of drug-likeness (QED) is 0.919. The van der Waals surface area contributed by atoms with Gasteiger partial charge in [0.2, 0.25) is 0 Å². The smallest absolute Gasteiger partial charge is 0.0724 e. The van der Waals surface area contributed by atoms with E-state index >= 15 is 0 Å². The van der Waals surface area contributed by atoms with Crippen molar-refractivity contribution < 1.29 is 4.74 Å². The maximum absolute atomic E-state index is 5.45. The minimum absolute atomic E-state index is 0.406. The Morgan fingerprint density at radius 1 is 1.60 bits per heavy atom. The summed E-state index contributed by atoms with van der Waals surface area (Å²) in [4.78, 5) is 1.37. The zero-order chi connectivity index (χ0) is 10.7. The van der Waals surface area contributed by atoms with Gasteiger partial charge in [0.1, 0.15) is 0 Å². The highest BCUT2D eigenvalue weighted by Crippen LogP contribution is 2.25. The van der Waals surface area contributed by atoms with Crippen molar-refractivity contribution in [1.82, 2.24) is 5.32 Å². The van der Waals surface area contributed by atoms with Crippen LogP contribution >= 0.6 is 27.3 Å². The Hall–Kier alpha value is 0.100. The summed E-state index contributed by atoms with van der Waals surface area (Å²) in [6, 6.07) is 2.63. The van der Waals surface area contributed by atoms with Gasteiger partial charge in [-0.15, -0.1) is 11.3 Å². The van der Waals surface area contributed by atoms with Crippen LogP contribution in [0.4, 0.5) is 0 Å². The van der Waals surface area contributed by atoms with E-state index < -0.39 is 0 Å². The van der Waals surface area contributed by atoms with E-state index in [1.165, 1.54) is 28.6 Å². The molecule has 2 rings (SSSR count). The van der Waals surface area contributed by atoms with Gasteiger partial charge < -0.3 is 10.1 Å². The molecule has 0 aromatic carbocycles. The van der Waals surface area contributed by atoms with Gasteiger partial charge in [0.05, 0.1) is 6.10 Å². The van der Waals surface area contributed by atoms with E-state index in [2.05, 4.69) is 32.7 Å². The van der Waals surface area contributed by atoms with Crippen LogP contribution in [0.25, 0.3) is 0 Å². The molecule has 84 valence electrons. The van der Waals surface area contributed by atoms with Crippen LogP contribution < -0.4 is 5.32 Å². The number of hydrogen-bond acceptors (Lipinski definition) is 3. The van der Waals surface area contributed by atoms with Crippen molar-refractivity contribution in [3.8, 4) is 0 Å². The summed E-state index contributed by atoms with van der Waals surface area (Å²) >= 11 is 5.34. The topological polar surface area (TPSA) is 21.3 Å². The van der Waals surface area contributed by atoms with Gasteiger partial charge in [-0.05, 0) is 46.6 Å². The molecule has 0 radical (unpaired) electrons. The van der Waals surface area contributed by atoms with Gasteiger partial charge in [0.15, 0.2) is 0 Å². The fourth-order valence-corrected chi connectivity index (χ4v) is 3.56. The van der Waals surface area contributed by atoms with Crippen LogP contribution in [0.15, 0.2) is 15.9 Å². The van der Waals surface area contributed by atoms with E-state index in [9.17, 15) is 0 Å². The Bertz CT molecular complexity index is 315. The SMILES string of the molecule is COC1CCCC1NCc1sccc1Br. The molecular weight excluding hydrogens is 274 g/mol. The molecule has 2 atom stereocenters. The summed E-state index contributed by atoms with van der Waals surface area (Å²) in [5.74, 6) is 0. The van der Waals surface area contributed by atoms with Crippen LogP contribution in [0.2, 0.25) is 0 Å². The Morgan fingerprint density at radius 3 is 3.13 bits per heavy atom. The van der Waals surface area contributed by atoms with Crippen LogP contribution in [0.5, 0.6) is 0 Å². The molecule has 0 aliphatic heterocycles. The number of hydrogen-bond donors (Lipinski definition) is 1. The van der Waals surface area contributed by atoms with Gasteiger partial charge in [-0.3, -0.25) is 0 Å². The van der Waals surface area contributed by atoms with Crippen molar-refractivity contribution in [3.05, 3.63) is 20.8 Å². The Labute approximate surface area is 103 Å². The number of halogens is 1. The van der Waals surface area contributed by atoms with Gasteiger partial charge in [-0.2, -0.15) is 0 Å². The summed E-state index contributed by atoms with van der Waals surface area (Å²) in [7, 11) is 1.81. The third kappa shape index (κ3) is 2.81. The van der Waals surface area contributed by atoms with Crippen LogP contribution in [-0.4, -0.2) is 19.3 Å². The van der Waals surface area contributed by atoms with Crippen molar-refractivity contribution in [2.75, 3.05) is 7.11 Å². The summed E-state index contributed by atoms with van der Waals surface area (Å²) in [5.41, 5.74) is 0. The van der Waals surface area contributed by atoms with Gasteiger partial charge in [0.25, 0.3) is 0 Å². The molecule has 0 amide bonds. The molecule has 1 aliphatic rings. The van der Waals surface area contributed by atoms with Crippen molar-refractivity contribution in [3.63, 3.8) is 0 Å². The predicted molar refractivity (Wildman–Crippen MR) is 67.3 cm³/mol. The van der Waals surface area contributed by atoms with E-state index in [1.54, 1.807) is 11.3 Å². The van der Waals surface area contributed by atoms with E-state index in [0.29, 0.717) is 12.1 Å². The molecule has 1 aliphatic carbocycles. The second-order valence-corrected chi connectivity index (χ2v) is 5.74. The average Bonchev–Trinajstić information content (AvgIpc) is 2.83. The molecule has 15 heavy (non-hydrogen) atoms. The lowest BCUT2D eigenvalue weighted by atomic mass is 10.2. The van der Waals surface area contributed by atoms with Crippen LogP contribution in [0.3, 0.4) is 0 Å². The summed E-state index contributed by atoms with van der Waals surface area (Å²) in [6.45, 7) is 0.947. The largest absolute Gasteiger partial charge is 0.380 e. The van der Waals surface area contributed by atoms with Crippen LogP contribution in [0, 0.1) is 0 Å².